The Balaban J connectivity index is 1.26. The first-order chi connectivity index (χ1) is 22.1. The number of carbonyl (C=O) groups is 1. The van der Waals surface area contributed by atoms with E-state index in [-0.39, 0.29) is 29.1 Å². The van der Waals surface area contributed by atoms with Crippen LogP contribution in [0.25, 0.3) is 11.1 Å². The summed E-state index contributed by atoms with van der Waals surface area (Å²) in [7, 11) is 1.85. The predicted molar refractivity (Wildman–Crippen MR) is 164 cm³/mol. The number of nitrogens with zero attached hydrogens (tertiary/aromatic N) is 6. The number of pyridine rings is 1. The van der Waals surface area contributed by atoms with Gasteiger partial charge in [-0.25, -0.2) is 9.97 Å². The summed E-state index contributed by atoms with van der Waals surface area (Å²) in [6.07, 6.45) is 2.93. The lowest BCUT2D eigenvalue weighted by molar-refractivity contribution is -0.198. The summed E-state index contributed by atoms with van der Waals surface area (Å²) in [5.74, 6) is 0.0610. The van der Waals surface area contributed by atoms with E-state index in [1.807, 2.05) is 61.8 Å². The highest BCUT2D eigenvalue weighted by molar-refractivity contribution is 5.83. The summed E-state index contributed by atoms with van der Waals surface area (Å²) in [4.78, 5) is 27.0. The van der Waals surface area contributed by atoms with E-state index in [4.69, 9.17) is 4.98 Å². The molecule has 5 rings (SSSR count). The van der Waals surface area contributed by atoms with Gasteiger partial charge in [0, 0.05) is 43.5 Å². The standard InChI is InChI=1S/C33H35F3N8O2/c1-44-20-26(18-42-44)24-11-12-27(38-16-24)30(32(46)41-15-22-5-3-2-4-6-22)23-9-7-21(8-10-23)13-29-39-17-25(14-37)31(43-29)40-19-28(45)33(34,35)36/h2-6,11-12,16-18,20-21,23,28,30,45H,7-10,13,15,19H2,1H3,(H,41,46)(H,39,40,43)/t21-,23-,28?,30?. The monoisotopic (exact) mass is 632 g/mol. The second-order valence-electron chi connectivity index (χ2n) is 11.6. The van der Waals surface area contributed by atoms with E-state index in [0.29, 0.717) is 24.5 Å². The van der Waals surface area contributed by atoms with Crippen LogP contribution >= 0.6 is 0 Å². The van der Waals surface area contributed by atoms with Crippen molar-refractivity contribution in [3.8, 4) is 17.2 Å². The molecule has 240 valence electrons. The molecule has 1 aromatic carbocycles. The molecule has 3 heterocycles. The second kappa shape index (κ2) is 14.5. The van der Waals surface area contributed by atoms with E-state index in [9.17, 15) is 28.3 Å². The van der Waals surface area contributed by atoms with Crippen LogP contribution in [0.2, 0.25) is 0 Å². The minimum atomic E-state index is -4.79. The van der Waals surface area contributed by atoms with Crippen molar-refractivity contribution in [1.82, 2.24) is 30.0 Å². The minimum Gasteiger partial charge on any atom is -0.382 e. The van der Waals surface area contributed by atoms with E-state index in [1.54, 1.807) is 17.1 Å². The lowest BCUT2D eigenvalue weighted by Crippen LogP contribution is -2.35. The van der Waals surface area contributed by atoms with Crippen molar-refractivity contribution in [1.29, 1.82) is 5.26 Å². The molecule has 10 nitrogen and oxygen atoms in total. The lowest BCUT2D eigenvalue weighted by Gasteiger charge is -2.33. The number of anilines is 1. The third-order valence-corrected chi connectivity index (χ3v) is 8.37. The number of benzene rings is 1. The summed E-state index contributed by atoms with van der Waals surface area (Å²) >= 11 is 0. The fourth-order valence-electron chi connectivity index (χ4n) is 5.84. The summed E-state index contributed by atoms with van der Waals surface area (Å²) < 4.78 is 40.0. The third kappa shape index (κ3) is 8.25. The number of hydrogen-bond donors (Lipinski definition) is 3. The molecule has 46 heavy (non-hydrogen) atoms. The van der Waals surface area contributed by atoms with Crippen LogP contribution in [0.4, 0.5) is 19.0 Å². The molecule has 3 aromatic heterocycles. The highest BCUT2D eigenvalue weighted by atomic mass is 19.4. The average molecular weight is 633 g/mol. The van der Waals surface area contributed by atoms with Gasteiger partial charge in [-0.05, 0) is 49.1 Å². The first-order valence-electron chi connectivity index (χ1n) is 15.1. The molecule has 0 saturated heterocycles. The van der Waals surface area contributed by atoms with Gasteiger partial charge in [0.2, 0.25) is 5.91 Å². The molecule has 1 saturated carbocycles. The molecule has 0 radical (unpaired) electrons. The molecule has 0 aliphatic heterocycles. The summed E-state index contributed by atoms with van der Waals surface area (Å²) in [6.45, 7) is -0.420. The zero-order chi connectivity index (χ0) is 32.7. The van der Waals surface area contributed by atoms with Crippen LogP contribution in [0.3, 0.4) is 0 Å². The van der Waals surface area contributed by atoms with Crippen LogP contribution in [-0.4, -0.2) is 54.6 Å². The van der Waals surface area contributed by atoms with Gasteiger partial charge in [-0.1, -0.05) is 36.4 Å². The second-order valence-corrected chi connectivity index (χ2v) is 11.6. The van der Waals surface area contributed by atoms with Crippen molar-refractivity contribution in [3.05, 3.63) is 89.9 Å². The van der Waals surface area contributed by atoms with Crippen molar-refractivity contribution >= 4 is 11.7 Å². The first kappa shape index (κ1) is 32.6. The Morgan fingerprint density at radius 2 is 1.83 bits per heavy atom. The fourth-order valence-corrected chi connectivity index (χ4v) is 5.84. The van der Waals surface area contributed by atoms with Crippen LogP contribution < -0.4 is 10.6 Å². The number of aryl methyl sites for hydroxylation is 1. The quantitative estimate of drug-likeness (QED) is 0.212. The van der Waals surface area contributed by atoms with E-state index < -0.39 is 24.7 Å². The van der Waals surface area contributed by atoms with Gasteiger partial charge in [-0.2, -0.15) is 23.5 Å². The number of aliphatic hydroxyl groups excluding tert-OH is 1. The number of aliphatic hydroxyl groups is 1. The molecule has 13 heteroatoms. The molecule has 3 N–H and O–H groups in total. The van der Waals surface area contributed by atoms with Gasteiger partial charge in [-0.15, -0.1) is 0 Å². The minimum absolute atomic E-state index is 0.00626. The molecule has 0 bridgehead atoms. The number of aromatic nitrogens is 5. The Morgan fingerprint density at radius 3 is 2.46 bits per heavy atom. The topological polar surface area (TPSA) is 142 Å². The van der Waals surface area contributed by atoms with Crippen molar-refractivity contribution < 1.29 is 23.1 Å². The molecule has 1 aliphatic carbocycles. The Kier molecular flexibility index (Phi) is 10.3. The van der Waals surface area contributed by atoms with Gasteiger partial charge in [0.25, 0.3) is 0 Å². The number of halogens is 3. The Hall–Kier alpha value is -4.83. The van der Waals surface area contributed by atoms with E-state index >= 15 is 0 Å². The highest BCUT2D eigenvalue weighted by Gasteiger charge is 2.38. The van der Waals surface area contributed by atoms with Crippen LogP contribution in [-0.2, 0) is 24.8 Å². The van der Waals surface area contributed by atoms with Gasteiger partial charge in [0.05, 0.1) is 30.6 Å². The summed E-state index contributed by atoms with van der Waals surface area (Å²) in [6, 6.07) is 15.5. The van der Waals surface area contributed by atoms with E-state index in [0.717, 1.165) is 42.4 Å². The van der Waals surface area contributed by atoms with Gasteiger partial charge in [-0.3, -0.25) is 14.5 Å². The van der Waals surface area contributed by atoms with E-state index in [1.165, 1.54) is 6.20 Å². The number of nitrogens with one attached hydrogen (secondary N) is 2. The summed E-state index contributed by atoms with van der Waals surface area (Å²) in [5, 5.41) is 28.5. The van der Waals surface area contributed by atoms with Crippen LogP contribution in [0.5, 0.6) is 0 Å². The predicted octanol–water partition coefficient (Wildman–Crippen LogP) is 4.93. The molecule has 1 fully saturated rings. The molecular formula is C33H35F3N8O2. The fraction of sp³-hybridized carbons (Fsp3) is 0.394. The number of rotatable bonds is 11. The molecule has 0 spiro atoms. The molecule has 2 atom stereocenters. The van der Waals surface area contributed by atoms with Crippen LogP contribution in [0.15, 0.2) is 67.3 Å². The normalized spacial score (nSPS) is 17.9. The number of hydrogen-bond acceptors (Lipinski definition) is 8. The van der Waals surface area contributed by atoms with E-state index in [2.05, 4.69) is 25.7 Å². The first-order valence-corrected chi connectivity index (χ1v) is 15.1. The van der Waals surface area contributed by atoms with Crippen molar-refractivity contribution in [2.45, 2.75) is 56.8 Å². The maximum Gasteiger partial charge on any atom is 0.416 e. The SMILES string of the molecule is Cn1cc(-c2ccc(C(C(=O)NCc3ccccc3)[C@H]3CC[C@H](Cc4ncc(C#N)c(NCC(O)C(F)(F)F)n4)CC3)nc2)cn1. The highest BCUT2D eigenvalue weighted by Crippen LogP contribution is 2.39. The van der Waals surface area contributed by atoms with Crippen molar-refractivity contribution in [2.75, 3.05) is 11.9 Å². The molecule has 1 aliphatic rings. The molecular weight excluding hydrogens is 597 g/mol. The smallest absolute Gasteiger partial charge is 0.382 e. The maximum absolute atomic E-state index is 13.7. The molecule has 1 amide bonds. The third-order valence-electron chi connectivity index (χ3n) is 8.37. The zero-order valence-corrected chi connectivity index (χ0v) is 25.3. The molecule has 4 aromatic rings. The largest absolute Gasteiger partial charge is 0.416 e. The lowest BCUT2D eigenvalue weighted by atomic mass is 9.73. The van der Waals surface area contributed by atoms with Crippen molar-refractivity contribution in [3.63, 3.8) is 0 Å². The molecule has 2 unspecified atom stereocenters. The number of amides is 1. The number of alkyl halides is 3. The van der Waals surface area contributed by atoms with Gasteiger partial charge < -0.3 is 15.7 Å². The number of nitriles is 1. The average Bonchev–Trinajstić information content (AvgIpc) is 3.50. The summed E-state index contributed by atoms with van der Waals surface area (Å²) in [5.41, 5.74) is 3.55. The van der Waals surface area contributed by atoms with Crippen LogP contribution in [0.1, 0.15) is 54.2 Å². The Morgan fingerprint density at radius 1 is 1.07 bits per heavy atom. The van der Waals surface area contributed by atoms with Crippen LogP contribution in [0, 0.1) is 23.2 Å². The number of carbonyl (C=O) groups excluding carboxylic acids is 1. The maximum atomic E-state index is 13.7. The Labute approximate surface area is 264 Å². The zero-order valence-electron chi connectivity index (χ0n) is 25.3. The van der Waals surface area contributed by atoms with Gasteiger partial charge in [0.15, 0.2) is 6.10 Å². The van der Waals surface area contributed by atoms with Gasteiger partial charge >= 0.3 is 6.18 Å². The van der Waals surface area contributed by atoms with Crippen molar-refractivity contribution in [2.24, 2.45) is 18.9 Å². The Bertz CT molecular complexity index is 1650. The van der Waals surface area contributed by atoms with Gasteiger partial charge in [0.1, 0.15) is 23.3 Å².